The lowest BCUT2D eigenvalue weighted by Crippen LogP contribution is -2.21. The highest BCUT2D eigenvalue weighted by atomic mass is 16.5. The first-order chi connectivity index (χ1) is 10.7. The summed E-state index contributed by atoms with van der Waals surface area (Å²) in [4.78, 5) is 15.9. The minimum atomic E-state index is 0.450. The number of hydrogen-bond donors (Lipinski definition) is 0. The van der Waals surface area contributed by atoms with E-state index in [1.807, 2.05) is 25.3 Å². The normalized spacial score (nSPS) is 18.0. The molecule has 22 heavy (non-hydrogen) atoms. The van der Waals surface area contributed by atoms with E-state index in [2.05, 4.69) is 32.8 Å². The number of methoxy groups -OCH3 is 1. The molecule has 1 unspecified atom stereocenters. The molecule has 1 aliphatic heterocycles. The zero-order valence-corrected chi connectivity index (χ0v) is 13.4. The molecule has 116 valence electrons. The molecule has 0 bridgehead atoms. The van der Waals surface area contributed by atoms with Crippen LogP contribution >= 0.6 is 0 Å². The summed E-state index contributed by atoms with van der Waals surface area (Å²) in [7, 11) is 1.67. The maximum Gasteiger partial charge on any atom is 0.156 e. The van der Waals surface area contributed by atoms with Crippen LogP contribution in [0.5, 0.6) is 0 Å². The SMILES string of the molecule is COCc1nc(C)cc(N2CCC(c3cc(C)ccn3)C2)n1. The second kappa shape index (κ2) is 6.40. The van der Waals surface area contributed by atoms with Crippen LogP contribution in [0.15, 0.2) is 24.4 Å². The molecule has 3 heterocycles. The molecule has 0 spiro atoms. The molecule has 5 heteroatoms. The van der Waals surface area contributed by atoms with Gasteiger partial charge in [0.1, 0.15) is 12.4 Å². The van der Waals surface area contributed by atoms with Gasteiger partial charge in [0.2, 0.25) is 0 Å². The number of nitrogens with zero attached hydrogens (tertiary/aromatic N) is 4. The van der Waals surface area contributed by atoms with Crippen molar-refractivity contribution in [3.05, 3.63) is 47.2 Å². The second-order valence-electron chi connectivity index (χ2n) is 5.91. The van der Waals surface area contributed by atoms with Crippen molar-refractivity contribution in [2.45, 2.75) is 32.8 Å². The van der Waals surface area contributed by atoms with Crippen LogP contribution in [0.1, 0.15) is 35.1 Å². The molecule has 0 radical (unpaired) electrons. The lowest BCUT2D eigenvalue weighted by atomic mass is 10.0. The molecule has 0 amide bonds. The number of pyridine rings is 1. The fourth-order valence-electron chi connectivity index (χ4n) is 2.96. The third-order valence-corrected chi connectivity index (χ3v) is 4.03. The van der Waals surface area contributed by atoms with Crippen molar-refractivity contribution in [3.63, 3.8) is 0 Å². The Morgan fingerprint density at radius 1 is 1.27 bits per heavy atom. The first-order valence-corrected chi connectivity index (χ1v) is 7.66. The van der Waals surface area contributed by atoms with E-state index in [0.29, 0.717) is 12.5 Å². The van der Waals surface area contributed by atoms with Gasteiger partial charge in [-0.2, -0.15) is 0 Å². The molecule has 1 saturated heterocycles. The monoisotopic (exact) mass is 298 g/mol. The maximum absolute atomic E-state index is 5.15. The van der Waals surface area contributed by atoms with Gasteiger partial charge in [0, 0.05) is 49.8 Å². The van der Waals surface area contributed by atoms with Crippen LogP contribution in [0.25, 0.3) is 0 Å². The molecule has 3 rings (SSSR count). The summed E-state index contributed by atoms with van der Waals surface area (Å²) in [6.07, 6.45) is 3.01. The Morgan fingerprint density at radius 3 is 2.91 bits per heavy atom. The average molecular weight is 298 g/mol. The fraction of sp³-hybridized carbons (Fsp3) is 0.471. The third-order valence-electron chi connectivity index (χ3n) is 4.03. The molecule has 0 aromatic carbocycles. The van der Waals surface area contributed by atoms with Crippen molar-refractivity contribution in [1.82, 2.24) is 15.0 Å². The van der Waals surface area contributed by atoms with Gasteiger partial charge in [-0.15, -0.1) is 0 Å². The van der Waals surface area contributed by atoms with E-state index in [4.69, 9.17) is 4.74 Å². The van der Waals surface area contributed by atoms with E-state index in [0.717, 1.165) is 36.8 Å². The van der Waals surface area contributed by atoms with Crippen LogP contribution in [-0.2, 0) is 11.3 Å². The van der Waals surface area contributed by atoms with Crippen molar-refractivity contribution in [1.29, 1.82) is 0 Å². The fourth-order valence-corrected chi connectivity index (χ4v) is 2.96. The highest BCUT2D eigenvalue weighted by Gasteiger charge is 2.26. The zero-order valence-electron chi connectivity index (χ0n) is 13.4. The van der Waals surface area contributed by atoms with Gasteiger partial charge in [-0.3, -0.25) is 4.98 Å². The zero-order chi connectivity index (χ0) is 15.5. The van der Waals surface area contributed by atoms with Crippen LogP contribution in [-0.4, -0.2) is 35.2 Å². The molecule has 2 aromatic heterocycles. The highest BCUT2D eigenvalue weighted by molar-refractivity contribution is 5.42. The average Bonchev–Trinajstić information content (AvgIpc) is 2.97. The van der Waals surface area contributed by atoms with E-state index in [1.165, 1.54) is 11.3 Å². The van der Waals surface area contributed by atoms with Gasteiger partial charge in [-0.25, -0.2) is 9.97 Å². The lowest BCUT2D eigenvalue weighted by molar-refractivity contribution is 0.177. The molecular formula is C17H22N4O. The third kappa shape index (κ3) is 3.25. The van der Waals surface area contributed by atoms with E-state index < -0.39 is 0 Å². The quantitative estimate of drug-likeness (QED) is 0.868. The van der Waals surface area contributed by atoms with Gasteiger partial charge in [-0.05, 0) is 38.0 Å². The molecule has 1 fully saturated rings. The summed E-state index contributed by atoms with van der Waals surface area (Å²) in [5.74, 6) is 2.21. The number of anilines is 1. The van der Waals surface area contributed by atoms with Crippen LogP contribution in [0, 0.1) is 13.8 Å². The predicted octanol–water partition coefficient (Wildman–Crippen LogP) is 2.63. The van der Waals surface area contributed by atoms with Crippen LogP contribution in [0.3, 0.4) is 0 Å². The second-order valence-corrected chi connectivity index (χ2v) is 5.91. The Bertz CT molecular complexity index is 659. The number of rotatable bonds is 4. The molecule has 1 atom stereocenters. The molecule has 0 N–H and O–H groups in total. The van der Waals surface area contributed by atoms with E-state index >= 15 is 0 Å². The Morgan fingerprint density at radius 2 is 2.14 bits per heavy atom. The molecule has 1 aliphatic rings. The van der Waals surface area contributed by atoms with E-state index in [1.54, 1.807) is 7.11 Å². The Hall–Kier alpha value is -2.01. The van der Waals surface area contributed by atoms with Crippen molar-refractivity contribution in [2.24, 2.45) is 0 Å². The lowest BCUT2D eigenvalue weighted by Gasteiger charge is -2.18. The van der Waals surface area contributed by atoms with Crippen LogP contribution in [0.2, 0.25) is 0 Å². The van der Waals surface area contributed by atoms with Gasteiger partial charge in [0.15, 0.2) is 5.82 Å². The van der Waals surface area contributed by atoms with E-state index in [-0.39, 0.29) is 0 Å². The summed E-state index contributed by atoms with van der Waals surface area (Å²) in [6, 6.07) is 6.28. The first kappa shape index (κ1) is 14.9. The highest BCUT2D eigenvalue weighted by Crippen LogP contribution is 2.29. The van der Waals surface area contributed by atoms with Gasteiger partial charge >= 0.3 is 0 Å². The maximum atomic E-state index is 5.15. The summed E-state index contributed by atoms with van der Waals surface area (Å²) >= 11 is 0. The Balaban J connectivity index is 1.77. The summed E-state index contributed by atoms with van der Waals surface area (Å²) < 4.78 is 5.15. The minimum absolute atomic E-state index is 0.450. The number of aromatic nitrogens is 3. The van der Waals surface area contributed by atoms with Gasteiger partial charge in [-0.1, -0.05) is 0 Å². The predicted molar refractivity (Wildman–Crippen MR) is 86.0 cm³/mol. The summed E-state index contributed by atoms with van der Waals surface area (Å²) in [6.45, 7) is 6.52. The topological polar surface area (TPSA) is 51.1 Å². The molecule has 2 aromatic rings. The number of hydrogen-bond acceptors (Lipinski definition) is 5. The van der Waals surface area contributed by atoms with Crippen molar-refractivity contribution < 1.29 is 4.74 Å². The van der Waals surface area contributed by atoms with Crippen LogP contribution < -0.4 is 4.90 Å². The minimum Gasteiger partial charge on any atom is -0.377 e. The van der Waals surface area contributed by atoms with Crippen molar-refractivity contribution >= 4 is 5.82 Å². The molecule has 5 nitrogen and oxygen atoms in total. The number of ether oxygens (including phenoxy) is 1. The summed E-state index contributed by atoms with van der Waals surface area (Å²) in [5.41, 5.74) is 3.43. The smallest absolute Gasteiger partial charge is 0.156 e. The largest absolute Gasteiger partial charge is 0.377 e. The van der Waals surface area contributed by atoms with E-state index in [9.17, 15) is 0 Å². The van der Waals surface area contributed by atoms with Crippen LogP contribution in [0.4, 0.5) is 5.82 Å². The van der Waals surface area contributed by atoms with Gasteiger partial charge in [0.25, 0.3) is 0 Å². The van der Waals surface area contributed by atoms with Crippen molar-refractivity contribution in [2.75, 3.05) is 25.1 Å². The molecule has 0 aliphatic carbocycles. The first-order valence-electron chi connectivity index (χ1n) is 7.66. The molecular weight excluding hydrogens is 276 g/mol. The Kier molecular flexibility index (Phi) is 4.34. The van der Waals surface area contributed by atoms with Gasteiger partial charge < -0.3 is 9.64 Å². The van der Waals surface area contributed by atoms with Gasteiger partial charge in [0.05, 0.1) is 0 Å². The standard InChI is InChI=1S/C17H22N4O/c1-12-4-6-18-15(8-12)14-5-7-21(10-14)17-9-13(2)19-16(20-17)11-22-3/h4,6,8-9,14H,5,7,10-11H2,1-3H3. The Labute approximate surface area is 131 Å². The number of aryl methyl sites for hydroxylation is 2. The van der Waals surface area contributed by atoms with Crippen molar-refractivity contribution in [3.8, 4) is 0 Å². The molecule has 0 saturated carbocycles. The summed E-state index contributed by atoms with van der Waals surface area (Å²) in [5, 5.41) is 0.